The number of nitrogens with two attached hydrogens (primary N) is 1. The van der Waals surface area contributed by atoms with Gasteiger partial charge in [-0.15, -0.1) is 0 Å². The van der Waals surface area contributed by atoms with E-state index in [1.165, 1.54) is 12.8 Å². The lowest BCUT2D eigenvalue weighted by Crippen LogP contribution is -2.54. The Bertz CT molecular complexity index is 297. The summed E-state index contributed by atoms with van der Waals surface area (Å²) in [6.45, 7) is 1.34. The molecule has 2 aliphatic carbocycles. The van der Waals surface area contributed by atoms with Crippen LogP contribution in [0.1, 0.15) is 57.8 Å². The lowest BCUT2D eigenvalue weighted by Gasteiger charge is -2.45. The van der Waals surface area contributed by atoms with Gasteiger partial charge in [0.15, 0.2) is 0 Å². The second-order valence-electron chi connectivity index (χ2n) is 6.21. The van der Waals surface area contributed by atoms with Crippen molar-refractivity contribution in [2.45, 2.75) is 63.8 Å². The fourth-order valence-corrected chi connectivity index (χ4v) is 3.43. The number of hydrogen-bond donors (Lipinski definition) is 2. The maximum absolute atomic E-state index is 13.0. The second kappa shape index (κ2) is 6.71. The Morgan fingerprint density at radius 1 is 1.21 bits per heavy atom. The Morgan fingerprint density at radius 3 is 2.37 bits per heavy atom. The van der Waals surface area contributed by atoms with Gasteiger partial charge in [0, 0.05) is 25.7 Å². The van der Waals surface area contributed by atoms with E-state index in [4.69, 9.17) is 10.8 Å². The van der Waals surface area contributed by atoms with E-state index in [1.54, 1.807) is 0 Å². The van der Waals surface area contributed by atoms with Crippen molar-refractivity contribution < 1.29 is 9.90 Å². The summed E-state index contributed by atoms with van der Waals surface area (Å²) in [6, 6.07) is 0.407. The average molecular weight is 268 g/mol. The molecule has 0 heterocycles. The van der Waals surface area contributed by atoms with E-state index in [9.17, 15) is 4.79 Å². The van der Waals surface area contributed by atoms with Gasteiger partial charge >= 0.3 is 0 Å². The minimum atomic E-state index is -0.302. The number of carbonyl (C=O) groups excluding carboxylic acids is 1. The van der Waals surface area contributed by atoms with Gasteiger partial charge in [-0.1, -0.05) is 19.3 Å². The maximum Gasteiger partial charge on any atom is 0.230 e. The summed E-state index contributed by atoms with van der Waals surface area (Å²) in [5, 5.41) is 9.04. The van der Waals surface area contributed by atoms with Gasteiger partial charge in [0.2, 0.25) is 5.91 Å². The van der Waals surface area contributed by atoms with Crippen molar-refractivity contribution in [1.29, 1.82) is 0 Å². The van der Waals surface area contributed by atoms with Crippen molar-refractivity contribution in [2.75, 3.05) is 19.7 Å². The lowest BCUT2D eigenvalue weighted by atomic mass is 9.72. The van der Waals surface area contributed by atoms with Gasteiger partial charge in [0.05, 0.1) is 5.41 Å². The third-order valence-electron chi connectivity index (χ3n) is 4.99. The summed E-state index contributed by atoms with van der Waals surface area (Å²) < 4.78 is 0. The first-order chi connectivity index (χ1) is 9.23. The van der Waals surface area contributed by atoms with Gasteiger partial charge in [0.25, 0.3) is 0 Å². The van der Waals surface area contributed by atoms with Crippen LogP contribution in [-0.4, -0.2) is 41.7 Å². The highest BCUT2D eigenvalue weighted by Gasteiger charge is 2.43. The smallest absolute Gasteiger partial charge is 0.230 e. The van der Waals surface area contributed by atoms with E-state index in [1.807, 2.05) is 4.90 Å². The summed E-state index contributed by atoms with van der Waals surface area (Å²) in [6.07, 6.45) is 9.54. The highest BCUT2D eigenvalue weighted by Crippen LogP contribution is 2.39. The molecule has 0 atom stereocenters. The molecule has 4 heteroatoms. The number of aliphatic hydroxyl groups is 1. The van der Waals surface area contributed by atoms with Crippen LogP contribution in [0, 0.1) is 5.41 Å². The predicted molar refractivity (Wildman–Crippen MR) is 75.6 cm³/mol. The Labute approximate surface area is 116 Å². The summed E-state index contributed by atoms with van der Waals surface area (Å²) in [4.78, 5) is 15.0. The molecule has 2 aliphatic rings. The molecule has 0 unspecified atom stereocenters. The number of nitrogens with zero attached hydrogens (tertiary/aromatic N) is 1. The largest absolute Gasteiger partial charge is 0.396 e. The topological polar surface area (TPSA) is 66.6 Å². The van der Waals surface area contributed by atoms with E-state index in [0.29, 0.717) is 25.6 Å². The molecule has 19 heavy (non-hydrogen) atoms. The van der Waals surface area contributed by atoms with Gasteiger partial charge in [-0.25, -0.2) is 0 Å². The van der Waals surface area contributed by atoms with Crippen LogP contribution in [-0.2, 0) is 4.79 Å². The predicted octanol–water partition coefficient (Wildman–Crippen LogP) is 1.66. The minimum absolute atomic E-state index is 0.159. The molecule has 0 aliphatic heterocycles. The molecular formula is C15H28N2O2. The van der Waals surface area contributed by atoms with Crippen molar-refractivity contribution in [3.05, 3.63) is 0 Å². The van der Waals surface area contributed by atoms with E-state index < -0.39 is 0 Å². The standard InChI is InChI=1S/C15H28N2O2/c16-12-15(8-2-1-3-9-15)14(19)17(10-5-11-18)13-6-4-7-13/h13,18H,1-12,16H2. The van der Waals surface area contributed by atoms with Crippen molar-refractivity contribution in [1.82, 2.24) is 4.90 Å². The van der Waals surface area contributed by atoms with Crippen molar-refractivity contribution in [3.8, 4) is 0 Å². The van der Waals surface area contributed by atoms with Gasteiger partial charge in [-0.2, -0.15) is 0 Å². The average Bonchev–Trinajstić information content (AvgIpc) is 2.41. The van der Waals surface area contributed by atoms with Crippen molar-refractivity contribution in [2.24, 2.45) is 11.1 Å². The molecule has 110 valence electrons. The normalized spacial score (nSPS) is 22.8. The molecule has 0 aromatic rings. The Kier molecular flexibility index (Phi) is 5.22. The number of hydrogen-bond acceptors (Lipinski definition) is 3. The molecule has 0 bridgehead atoms. The third kappa shape index (κ3) is 3.11. The molecule has 3 N–H and O–H groups in total. The molecule has 0 spiro atoms. The van der Waals surface area contributed by atoms with Crippen molar-refractivity contribution in [3.63, 3.8) is 0 Å². The molecule has 2 fully saturated rings. The monoisotopic (exact) mass is 268 g/mol. The van der Waals surface area contributed by atoms with Gasteiger partial charge < -0.3 is 15.7 Å². The molecular weight excluding hydrogens is 240 g/mol. The fourth-order valence-electron chi connectivity index (χ4n) is 3.43. The first-order valence-corrected chi connectivity index (χ1v) is 7.85. The first-order valence-electron chi connectivity index (χ1n) is 7.85. The summed E-state index contributed by atoms with van der Waals surface area (Å²) in [5.41, 5.74) is 5.67. The van der Waals surface area contributed by atoms with Crippen LogP contribution in [0.2, 0.25) is 0 Å². The quantitative estimate of drug-likeness (QED) is 0.770. The SMILES string of the molecule is NCC1(C(=O)N(CCCO)C2CCC2)CCCCC1. The van der Waals surface area contributed by atoms with Crippen LogP contribution < -0.4 is 5.73 Å². The van der Waals surface area contributed by atoms with Gasteiger partial charge in [-0.05, 0) is 38.5 Å². The summed E-state index contributed by atoms with van der Waals surface area (Å²) >= 11 is 0. The van der Waals surface area contributed by atoms with E-state index in [-0.39, 0.29) is 17.9 Å². The molecule has 4 nitrogen and oxygen atoms in total. The first kappa shape index (κ1) is 14.8. The van der Waals surface area contributed by atoms with Crippen LogP contribution in [0.5, 0.6) is 0 Å². The molecule has 0 aromatic heterocycles. The zero-order valence-corrected chi connectivity index (χ0v) is 11.9. The lowest BCUT2D eigenvalue weighted by molar-refractivity contribution is -0.148. The van der Waals surface area contributed by atoms with Crippen LogP contribution in [0.15, 0.2) is 0 Å². The molecule has 0 radical (unpaired) electrons. The van der Waals surface area contributed by atoms with Crippen molar-refractivity contribution >= 4 is 5.91 Å². The molecule has 2 saturated carbocycles. The second-order valence-corrected chi connectivity index (χ2v) is 6.21. The molecule has 2 rings (SSSR count). The Balaban J connectivity index is 2.07. The molecule has 1 amide bonds. The summed E-state index contributed by atoms with van der Waals surface area (Å²) in [5.74, 6) is 0.271. The number of rotatable bonds is 6. The van der Waals surface area contributed by atoms with Crippen LogP contribution >= 0.6 is 0 Å². The van der Waals surface area contributed by atoms with Crippen LogP contribution in [0.25, 0.3) is 0 Å². The summed E-state index contributed by atoms with van der Waals surface area (Å²) in [7, 11) is 0. The Morgan fingerprint density at radius 2 is 1.89 bits per heavy atom. The fraction of sp³-hybridized carbons (Fsp3) is 0.933. The van der Waals surface area contributed by atoms with Gasteiger partial charge in [-0.3, -0.25) is 4.79 Å². The number of carbonyl (C=O) groups is 1. The molecule has 0 saturated heterocycles. The van der Waals surface area contributed by atoms with E-state index >= 15 is 0 Å². The van der Waals surface area contributed by atoms with E-state index in [2.05, 4.69) is 0 Å². The minimum Gasteiger partial charge on any atom is -0.396 e. The zero-order valence-electron chi connectivity index (χ0n) is 11.9. The van der Waals surface area contributed by atoms with Gasteiger partial charge in [0.1, 0.15) is 0 Å². The third-order valence-corrected chi connectivity index (χ3v) is 4.99. The number of aliphatic hydroxyl groups excluding tert-OH is 1. The van der Waals surface area contributed by atoms with E-state index in [0.717, 1.165) is 38.5 Å². The number of amides is 1. The highest BCUT2D eigenvalue weighted by molar-refractivity contribution is 5.83. The zero-order chi connectivity index (χ0) is 13.7. The van der Waals surface area contributed by atoms with Crippen LogP contribution in [0.3, 0.4) is 0 Å². The van der Waals surface area contributed by atoms with Crippen LogP contribution in [0.4, 0.5) is 0 Å². The molecule has 0 aromatic carbocycles. The maximum atomic E-state index is 13.0. The highest BCUT2D eigenvalue weighted by atomic mass is 16.3. The Hall–Kier alpha value is -0.610.